The van der Waals surface area contributed by atoms with Crippen LogP contribution in [0.5, 0.6) is 5.75 Å². The lowest BCUT2D eigenvalue weighted by molar-refractivity contribution is 0.144. The lowest BCUT2D eigenvalue weighted by Crippen LogP contribution is -2.27. The van der Waals surface area contributed by atoms with Crippen LogP contribution in [0.25, 0.3) is 0 Å². The maximum absolute atomic E-state index is 6.43. The Morgan fingerprint density at radius 1 is 1.27 bits per heavy atom. The molecule has 0 spiro atoms. The SMILES string of the molecule is CCn1cc(CN2Cc3cc(C)ccc3OC(c3ccsc3)C2)c(C)n1. The lowest BCUT2D eigenvalue weighted by atomic mass is 10.1. The van der Waals surface area contributed by atoms with Crippen LogP contribution >= 0.6 is 11.3 Å². The fourth-order valence-corrected chi connectivity index (χ4v) is 4.25. The van der Waals surface area contributed by atoms with Crippen molar-refractivity contribution in [2.45, 2.75) is 46.5 Å². The van der Waals surface area contributed by atoms with Crippen molar-refractivity contribution in [3.8, 4) is 5.75 Å². The Morgan fingerprint density at radius 3 is 2.88 bits per heavy atom. The number of thiophene rings is 1. The highest BCUT2D eigenvalue weighted by atomic mass is 32.1. The van der Waals surface area contributed by atoms with Crippen LogP contribution in [0.2, 0.25) is 0 Å². The molecule has 1 atom stereocenters. The Bertz CT molecular complexity index is 885. The van der Waals surface area contributed by atoms with Crippen molar-refractivity contribution in [1.82, 2.24) is 14.7 Å². The van der Waals surface area contributed by atoms with Gasteiger partial charge in [0.2, 0.25) is 0 Å². The van der Waals surface area contributed by atoms with Gasteiger partial charge in [-0.1, -0.05) is 17.7 Å². The predicted molar refractivity (Wildman–Crippen MR) is 106 cm³/mol. The summed E-state index contributed by atoms with van der Waals surface area (Å²) in [5.74, 6) is 1.01. The Labute approximate surface area is 159 Å². The molecule has 3 heterocycles. The third-order valence-electron chi connectivity index (χ3n) is 4.98. The number of aromatic nitrogens is 2. The number of ether oxygens (including phenoxy) is 1. The highest BCUT2D eigenvalue weighted by molar-refractivity contribution is 7.07. The summed E-state index contributed by atoms with van der Waals surface area (Å²) in [7, 11) is 0. The van der Waals surface area contributed by atoms with E-state index in [0.29, 0.717) is 0 Å². The van der Waals surface area contributed by atoms with Gasteiger partial charge in [-0.05, 0) is 43.7 Å². The summed E-state index contributed by atoms with van der Waals surface area (Å²) in [5, 5.41) is 8.93. The molecular weight excluding hydrogens is 342 g/mol. The van der Waals surface area contributed by atoms with E-state index in [1.165, 1.54) is 22.3 Å². The molecule has 1 aliphatic rings. The van der Waals surface area contributed by atoms with Crippen molar-refractivity contribution in [2.75, 3.05) is 6.54 Å². The number of rotatable bonds is 4. The Hall–Kier alpha value is -2.11. The molecule has 0 saturated carbocycles. The molecule has 0 N–H and O–H groups in total. The standard InChI is InChI=1S/C21H25N3OS/c1-4-24-12-19(16(3)22-24)11-23-10-18-9-15(2)5-6-20(18)25-21(13-23)17-7-8-26-14-17/h5-9,12,14,21H,4,10-11,13H2,1-3H3. The molecule has 4 nitrogen and oxygen atoms in total. The molecule has 5 heteroatoms. The van der Waals surface area contributed by atoms with Gasteiger partial charge in [-0.2, -0.15) is 16.4 Å². The molecule has 0 aliphatic carbocycles. The molecule has 1 aliphatic heterocycles. The molecule has 1 aromatic carbocycles. The van der Waals surface area contributed by atoms with Crippen LogP contribution in [0.1, 0.15) is 41.0 Å². The van der Waals surface area contributed by atoms with E-state index < -0.39 is 0 Å². The average molecular weight is 368 g/mol. The van der Waals surface area contributed by atoms with Gasteiger partial charge in [0, 0.05) is 49.1 Å². The number of hydrogen-bond donors (Lipinski definition) is 0. The highest BCUT2D eigenvalue weighted by Gasteiger charge is 2.25. The normalized spacial score (nSPS) is 17.6. The minimum atomic E-state index is 0.0618. The Balaban J connectivity index is 1.65. The Morgan fingerprint density at radius 2 is 2.15 bits per heavy atom. The fourth-order valence-electron chi connectivity index (χ4n) is 3.55. The summed E-state index contributed by atoms with van der Waals surface area (Å²) < 4.78 is 8.45. The van der Waals surface area contributed by atoms with Crippen molar-refractivity contribution >= 4 is 11.3 Å². The second-order valence-electron chi connectivity index (χ2n) is 7.04. The molecule has 1 unspecified atom stereocenters. The van der Waals surface area contributed by atoms with E-state index in [4.69, 9.17) is 4.74 Å². The number of fused-ring (bicyclic) bond motifs is 1. The zero-order valence-corrected chi connectivity index (χ0v) is 16.4. The van der Waals surface area contributed by atoms with Crippen molar-refractivity contribution < 1.29 is 4.74 Å². The molecule has 0 saturated heterocycles. The first-order valence-electron chi connectivity index (χ1n) is 9.16. The van der Waals surface area contributed by atoms with Crippen molar-refractivity contribution in [3.63, 3.8) is 0 Å². The molecule has 0 radical (unpaired) electrons. The van der Waals surface area contributed by atoms with Crippen LogP contribution in [-0.2, 0) is 19.6 Å². The Kier molecular flexibility index (Phi) is 4.83. The molecule has 0 amide bonds. The van der Waals surface area contributed by atoms with E-state index in [9.17, 15) is 0 Å². The highest BCUT2D eigenvalue weighted by Crippen LogP contribution is 2.33. The number of benzene rings is 1. The van der Waals surface area contributed by atoms with Gasteiger partial charge < -0.3 is 4.74 Å². The third-order valence-corrected chi connectivity index (χ3v) is 5.69. The molecule has 2 aromatic heterocycles. The van der Waals surface area contributed by atoms with Gasteiger partial charge in [-0.25, -0.2) is 0 Å². The van der Waals surface area contributed by atoms with Crippen LogP contribution < -0.4 is 4.74 Å². The van der Waals surface area contributed by atoms with Gasteiger partial charge >= 0.3 is 0 Å². The molecule has 0 bridgehead atoms. The number of nitrogens with zero attached hydrogens (tertiary/aromatic N) is 3. The fraction of sp³-hybridized carbons (Fsp3) is 0.381. The summed E-state index contributed by atoms with van der Waals surface area (Å²) in [6.45, 7) is 9.94. The topological polar surface area (TPSA) is 30.3 Å². The van der Waals surface area contributed by atoms with Gasteiger partial charge in [0.1, 0.15) is 11.9 Å². The van der Waals surface area contributed by atoms with Gasteiger partial charge in [-0.3, -0.25) is 9.58 Å². The van der Waals surface area contributed by atoms with E-state index in [1.54, 1.807) is 11.3 Å². The predicted octanol–water partition coefficient (Wildman–Crippen LogP) is 4.72. The number of aryl methyl sites for hydroxylation is 3. The first-order valence-corrected chi connectivity index (χ1v) is 10.1. The lowest BCUT2D eigenvalue weighted by Gasteiger charge is -2.23. The zero-order valence-electron chi connectivity index (χ0n) is 15.6. The van der Waals surface area contributed by atoms with Crippen LogP contribution in [-0.4, -0.2) is 21.2 Å². The second kappa shape index (κ2) is 7.25. The quantitative estimate of drug-likeness (QED) is 0.668. The molecule has 0 fully saturated rings. The van der Waals surface area contributed by atoms with E-state index in [1.807, 2.05) is 4.68 Å². The summed E-state index contributed by atoms with van der Waals surface area (Å²) >= 11 is 1.73. The van der Waals surface area contributed by atoms with E-state index in [0.717, 1.165) is 37.6 Å². The van der Waals surface area contributed by atoms with Crippen LogP contribution in [0.3, 0.4) is 0 Å². The zero-order chi connectivity index (χ0) is 18.1. The molecule has 26 heavy (non-hydrogen) atoms. The summed E-state index contributed by atoms with van der Waals surface area (Å²) in [6.07, 6.45) is 2.24. The van der Waals surface area contributed by atoms with Crippen molar-refractivity contribution in [3.05, 3.63) is 69.2 Å². The minimum Gasteiger partial charge on any atom is -0.484 e. The summed E-state index contributed by atoms with van der Waals surface area (Å²) in [5.41, 5.74) is 6.22. The molecule has 136 valence electrons. The van der Waals surface area contributed by atoms with Crippen LogP contribution in [0.4, 0.5) is 0 Å². The second-order valence-corrected chi connectivity index (χ2v) is 7.82. The first kappa shape index (κ1) is 17.3. The monoisotopic (exact) mass is 367 g/mol. The maximum atomic E-state index is 6.43. The number of hydrogen-bond acceptors (Lipinski definition) is 4. The van der Waals surface area contributed by atoms with E-state index >= 15 is 0 Å². The molecular formula is C21H25N3OS. The maximum Gasteiger partial charge on any atom is 0.137 e. The van der Waals surface area contributed by atoms with E-state index in [-0.39, 0.29) is 6.10 Å². The smallest absolute Gasteiger partial charge is 0.137 e. The first-order chi connectivity index (χ1) is 12.6. The minimum absolute atomic E-state index is 0.0618. The van der Waals surface area contributed by atoms with Crippen molar-refractivity contribution in [1.29, 1.82) is 0 Å². The summed E-state index contributed by atoms with van der Waals surface area (Å²) in [4.78, 5) is 2.48. The third kappa shape index (κ3) is 3.55. The largest absolute Gasteiger partial charge is 0.484 e. The van der Waals surface area contributed by atoms with Gasteiger partial charge in [-0.15, -0.1) is 0 Å². The summed E-state index contributed by atoms with van der Waals surface area (Å²) in [6, 6.07) is 8.68. The van der Waals surface area contributed by atoms with Gasteiger partial charge in [0.25, 0.3) is 0 Å². The van der Waals surface area contributed by atoms with Crippen molar-refractivity contribution in [2.24, 2.45) is 0 Å². The van der Waals surface area contributed by atoms with Gasteiger partial charge in [0.05, 0.1) is 5.69 Å². The average Bonchev–Trinajstić information content (AvgIpc) is 3.23. The molecule has 4 rings (SSSR count). The van der Waals surface area contributed by atoms with Gasteiger partial charge in [0.15, 0.2) is 0 Å². The molecule has 3 aromatic rings. The van der Waals surface area contributed by atoms with Crippen LogP contribution in [0.15, 0.2) is 41.2 Å². The van der Waals surface area contributed by atoms with E-state index in [2.05, 4.69) is 72.0 Å². The van der Waals surface area contributed by atoms with Crippen LogP contribution in [0, 0.1) is 13.8 Å².